The molecule has 134 valence electrons. The average Bonchev–Trinajstić information content (AvgIpc) is 2.54. The van der Waals surface area contributed by atoms with Crippen LogP contribution in [0.15, 0.2) is 45.4 Å². The molecule has 1 heterocycles. The zero-order valence-corrected chi connectivity index (χ0v) is 16.3. The Hall–Kier alpha value is -1.51. The van der Waals surface area contributed by atoms with Gasteiger partial charge in [-0.2, -0.15) is 0 Å². The first-order chi connectivity index (χ1) is 11.7. The third-order valence-electron chi connectivity index (χ3n) is 3.10. The van der Waals surface area contributed by atoms with Crippen LogP contribution in [0.5, 0.6) is 5.75 Å². The first kappa shape index (κ1) is 19.8. The zero-order valence-electron chi connectivity index (χ0n) is 13.9. The van der Waals surface area contributed by atoms with Gasteiger partial charge in [-0.3, -0.25) is 4.98 Å². The fourth-order valence-corrected chi connectivity index (χ4v) is 2.91. The minimum absolute atomic E-state index is 0.206. The van der Waals surface area contributed by atoms with Gasteiger partial charge in [0.1, 0.15) is 27.5 Å². The number of nitrogens with zero attached hydrogens (tertiary/aromatic N) is 2. The van der Waals surface area contributed by atoms with E-state index in [2.05, 4.69) is 30.0 Å². The number of rotatable bonds is 5. The van der Waals surface area contributed by atoms with Crippen molar-refractivity contribution >= 4 is 33.0 Å². The van der Waals surface area contributed by atoms with Crippen molar-refractivity contribution in [1.29, 1.82) is 0 Å². The fraction of sp³-hybridized carbons (Fsp3) is 0.294. The molecule has 0 spiro atoms. The van der Waals surface area contributed by atoms with E-state index in [4.69, 9.17) is 0 Å². The van der Waals surface area contributed by atoms with E-state index in [-0.39, 0.29) is 11.5 Å². The maximum Gasteiger partial charge on any atom is 0.228 e. The van der Waals surface area contributed by atoms with Crippen molar-refractivity contribution < 1.29 is 18.1 Å². The van der Waals surface area contributed by atoms with Gasteiger partial charge in [-0.15, -0.1) is 0 Å². The first-order valence-electron chi connectivity index (χ1n) is 7.34. The van der Waals surface area contributed by atoms with E-state index < -0.39 is 28.8 Å². The quantitative estimate of drug-likeness (QED) is 0.514. The van der Waals surface area contributed by atoms with E-state index in [1.165, 1.54) is 12.1 Å². The Morgan fingerprint density at radius 3 is 2.64 bits per heavy atom. The highest BCUT2D eigenvalue weighted by molar-refractivity contribution is 9.10. The lowest BCUT2D eigenvalue weighted by Gasteiger charge is -2.19. The summed E-state index contributed by atoms with van der Waals surface area (Å²) in [6.45, 7) is 4.24. The first-order valence-corrected chi connectivity index (χ1v) is 9.24. The molecule has 0 amide bonds. The molecule has 1 aromatic carbocycles. The van der Waals surface area contributed by atoms with E-state index in [9.17, 15) is 13.3 Å². The third kappa shape index (κ3) is 4.99. The van der Waals surface area contributed by atoms with Crippen LogP contribution in [0.25, 0.3) is 0 Å². The molecule has 2 aromatic rings. The SMILES string of the molecule is CC(C)(C)[S@@+]([O-])/N=C(\c1ccc(OCF)c(F)c1)c1ncccc1Br. The molecule has 0 fully saturated rings. The standard InChI is InChI=1S/C17H17BrF2N2O2S/c1-17(2,3)25(23)22-15(16-12(18)5-4-8-21-16)11-6-7-14(24-10-19)13(20)9-11/h4-9H,10H2,1-3H3/b22-15+/t25-/m1/s1. The van der Waals surface area contributed by atoms with E-state index >= 15 is 0 Å². The summed E-state index contributed by atoms with van der Waals surface area (Å²) in [6, 6.07) is 7.47. The van der Waals surface area contributed by atoms with E-state index in [0.717, 1.165) is 6.07 Å². The summed E-state index contributed by atoms with van der Waals surface area (Å²) in [6.07, 6.45) is 1.56. The van der Waals surface area contributed by atoms with Gasteiger partial charge < -0.3 is 9.29 Å². The molecule has 0 aliphatic heterocycles. The largest absolute Gasteiger partial charge is 0.591 e. The predicted molar refractivity (Wildman–Crippen MR) is 98.5 cm³/mol. The Kier molecular flexibility index (Phi) is 6.53. The Labute approximate surface area is 156 Å². The highest BCUT2D eigenvalue weighted by atomic mass is 79.9. The van der Waals surface area contributed by atoms with Gasteiger partial charge in [-0.05, 0) is 67.0 Å². The summed E-state index contributed by atoms with van der Waals surface area (Å²) in [7, 11) is 0. The normalized spacial score (nSPS) is 13.6. The molecule has 1 aromatic heterocycles. The van der Waals surface area contributed by atoms with Crippen LogP contribution in [0.1, 0.15) is 32.0 Å². The lowest BCUT2D eigenvalue weighted by atomic mass is 10.1. The monoisotopic (exact) mass is 430 g/mol. The molecular formula is C17H17BrF2N2O2S. The van der Waals surface area contributed by atoms with Crippen molar-refractivity contribution in [3.8, 4) is 5.75 Å². The van der Waals surface area contributed by atoms with Gasteiger partial charge in [-0.1, -0.05) is 4.40 Å². The maximum atomic E-state index is 14.1. The number of benzene rings is 1. The van der Waals surface area contributed by atoms with Crippen LogP contribution in [-0.2, 0) is 11.4 Å². The molecule has 0 saturated carbocycles. The van der Waals surface area contributed by atoms with Crippen LogP contribution in [0.2, 0.25) is 0 Å². The topological polar surface area (TPSA) is 57.5 Å². The van der Waals surface area contributed by atoms with Crippen molar-refractivity contribution in [2.75, 3.05) is 6.86 Å². The zero-order chi connectivity index (χ0) is 18.6. The number of aromatic nitrogens is 1. The number of hydrogen-bond donors (Lipinski definition) is 0. The van der Waals surface area contributed by atoms with Crippen LogP contribution in [0.3, 0.4) is 0 Å². The second-order valence-corrected chi connectivity index (χ2v) is 8.79. The van der Waals surface area contributed by atoms with Gasteiger partial charge in [0.05, 0.1) is 0 Å². The van der Waals surface area contributed by atoms with Crippen LogP contribution in [0, 0.1) is 5.82 Å². The molecule has 4 nitrogen and oxygen atoms in total. The molecule has 25 heavy (non-hydrogen) atoms. The second-order valence-electron chi connectivity index (χ2n) is 6.03. The van der Waals surface area contributed by atoms with Gasteiger partial charge >= 0.3 is 0 Å². The van der Waals surface area contributed by atoms with Crippen LogP contribution in [-0.4, -0.2) is 26.9 Å². The molecule has 0 saturated heterocycles. The summed E-state index contributed by atoms with van der Waals surface area (Å²) in [4.78, 5) is 4.25. The fourth-order valence-electron chi connectivity index (χ4n) is 1.84. The number of halogens is 3. The second kappa shape index (κ2) is 8.25. The van der Waals surface area contributed by atoms with Crippen LogP contribution < -0.4 is 4.74 Å². The van der Waals surface area contributed by atoms with Crippen molar-refractivity contribution in [1.82, 2.24) is 4.98 Å². The number of alkyl halides is 1. The van der Waals surface area contributed by atoms with Gasteiger partial charge in [0, 0.05) is 16.2 Å². The molecule has 0 unspecified atom stereocenters. The van der Waals surface area contributed by atoms with Crippen LogP contribution in [0.4, 0.5) is 8.78 Å². The van der Waals surface area contributed by atoms with Crippen molar-refractivity contribution in [2.24, 2.45) is 4.40 Å². The summed E-state index contributed by atoms with van der Waals surface area (Å²) in [5.41, 5.74) is 1.06. The van der Waals surface area contributed by atoms with Crippen molar-refractivity contribution in [2.45, 2.75) is 25.5 Å². The molecule has 0 aliphatic rings. The summed E-state index contributed by atoms with van der Waals surface area (Å²) < 4.78 is 47.8. The van der Waals surface area contributed by atoms with Gasteiger partial charge in [0.15, 0.2) is 11.6 Å². The lowest BCUT2D eigenvalue weighted by Crippen LogP contribution is -2.27. The molecule has 8 heteroatoms. The van der Waals surface area contributed by atoms with Crippen LogP contribution >= 0.6 is 15.9 Å². The van der Waals surface area contributed by atoms with Gasteiger partial charge in [0.2, 0.25) is 6.86 Å². The summed E-state index contributed by atoms with van der Waals surface area (Å²) in [5, 5.41) is 0. The molecule has 0 bridgehead atoms. The number of pyridine rings is 1. The van der Waals surface area contributed by atoms with E-state index in [1.807, 2.05) is 0 Å². The molecule has 0 N–H and O–H groups in total. The molecule has 1 atom stereocenters. The lowest BCUT2D eigenvalue weighted by molar-refractivity contribution is 0.184. The van der Waals surface area contributed by atoms with Gasteiger partial charge in [0.25, 0.3) is 0 Å². The number of ether oxygens (including phenoxy) is 1. The van der Waals surface area contributed by atoms with Crippen molar-refractivity contribution in [3.05, 3.63) is 58.1 Å². The molecule has 0 radical (unpaired) electrons. The third-order valence-corrected chi connectivity index (χ3v) is 5.13. The highest BCUT2D eigenvalue weighted by Crippen LogP contribution is 2.26. The average molecular weight is 431 g/mol. The molecule has 0 aliphatic carbocycles. The molecular weight excluding hydrogens is 414 g/mol. The predicted octanol–water partition coefficient (Wildman–Crippen LogP) is 4.59. The molecule has 2 rings (SSSR count). The summed E-state index contributed by atoms with van der Waals surface area (Å²) in [5.74, 6) is -0.945. The smallest absolute Gasteiger partial charge is 0.228 e. The number of hydrogen-bond acceptors (Lipinski definition) is 4. The summed E-state index contributed by atoms with van der Waals surface area (Å²) >= 11 is 1.80. The Morgan fingerprint density at radius 2 is 2.08 bits per heavy atom. The minimum Gasteiger partial charge on any atom is -0.591 e. The Bertz CT molecular complexity index is 781. The van der Waals surface area contributed by atoms with Gasteiger partial charge in [-0.25, -0.2) is 8.78 Å². The minimum atomic E-state index is -1.58. The Balaban J connectivity index is 2.58. The van der Waals surface area contributed by atoms with E-state index in [1.54, 1.807) is 39.1 Å². The van der Waals surface area contributed by atoms with E-state index in [0.29, 0.717) is 15.7 Å². The highest BCUT2D eigenvalue weighted by Gasteiger charge is 2.29. The van der Waals surface area contributed by atoms with Crippen molar-refractivity contribution in [3.63, 3.8) is 0 Å². The Morgan fingerprint density at radius 1 is 1.36 bits per heavy atom. The maximum absolute atomic E-state index is 14.1.